The predicted octanol–water partition coefficient (Wildman–Crippen LogP) is 5.21. The zero-order chi connectivity index (χ0) is 21.6. The predicted molar refractivity (Wildman–Crippen MR) is 113 cm³/mol. The van der Waals surface area contributed by atoms with Crippen LogP contribution in [0.4, 0.5) is 0 Å². The molecule has 4 nitrogen and oxygen atoms in total. The van der Waals surface area contributed by atoms with E-state index in [1.54, 1.807) is 6.92 Å². The topological polar surface area (TPSA) is 60.4 Å². The van der Waals surface area contributed by atoms with Gasteiger partial charge in [-0.3, -0.25) is 14.4 Å². The Bertz CT molecular complexity index is 776. The maximum atomic E-state index is 12.7. The lowest BCUT2D eigenvalue weighted by molar-refractivity contribution is -0.184. The van der Waals surface area contributed by atoms with Crippen LogP contribution in [-0.4, -0.2) is 23.1 Å². The Morgan fingerprint density at radius 3 is 2.41 bits per heavy atom. The van der Waals surface area contributed by atoms with E-state index in [2.05, 4.69) is 19.9 Å². The number of Topliss-reactive ketones (excluding diaryl/α,β-unsaturated/α-hetero) is 1. The fourth-order valence-corrected chi connectivity index (χ4v) is 7.04. The summed E-state index contributed by atoms with van der Waals surface area (Å²) in [6, 6.07) is 0. The molecule has 0 amide bonds. The van der Waals surface area contributed by atoms with Crippen LogP contribution in [-0.2, 0) is 19.1 Å². The molecule has 4 aliphatic rings. The number of esters is 1. The summed E-state index contributed by atoms with van der Waals surface area (Å²) in [5.41, 5.74) is 1.18. The van der Waals surface area contributed by atoms with Gasteiger partial charge in [-0.05, 0) is 81.3 Å². The van der Waals surface area contributed by atoms with Gasteiger partial charge in [0.05, 0.1) is 0 Å². The molecule has 4 aliphatic carbocycles. The van der Waals surface area contributed by atoms with E-state index in [4.69, 9.17) is 4.74 Å². The molecule has 4 heteroatoms. The van der Waals surface area contributed by atoms with Crippen LogP contribution in [0, 0.1) is 29.1 Å². The van der Waals surface area contributed by atoms with Crippen molar-refractivity contribution in [1.82, 2.24) is 0 Å². The standard InChI is InChI=1S/C23H30O4.C2H6/c1-13-11-20-18(17-6-5-16(26)12-19(13)17)7-9-22(4)21(20)8-10-23(22,14(2)24)27-15(3)25;1-2/h11-12,17-18,20-21H,5-10H2,1-4H3;1-2H3/t17-,18-,20-,21+,22+,23+;/m1./s1. The van der Waals surface area contributed by atoms with Crippen LogP contribution in [0.5, 0.6) is 0 Å². The van der Waals surface area contributed by atoms with Crippen LogP contribution >= 0.6 is 0 Å². The number of hydrogen-bond acceptors (Lipinski definition) is 4. The lowest BCUT2D eigenvalue weighted by Crippen LogP contribution is -2.57. The third-order valence-corrected chi connectivity index (χ3v) is 8.22. The van der Waals surface area contributed by atoms with Crippen molar-refractivity contribution in [3.05, 3.63) is 23.3 Å². The van der Waals surface area contributed by atoms with Gasteiger partial charge in [0.25, 0.3) is 0 Å². The first-order chi connectivity index (χ1) is 13.7. The van der Waals surface area contributed by atoms with Gasteiger partial charge in [0.2, 0.25) is 0 Å². The number of carbonyl (C=O) groups is 3. The van der Waals surface area contributed by atoms with E-state index in [-0.39, 0.29) is 23.0 Å². The minimum absolute atomic E-state index is 0.0125. The summed E-state index contributed by atoms with van der Waals surface area (Å²) >= 11 is 0. The second-order valence-corrected chi connectivity index (χ2v) is 9.38. The smallest absolute Gasteiger partial charge is 0.303 e. The SMILES string of the molecule is CC.CC(=O)O[C@]1(C(C)=O)CC[C@H]2[C@@H]3C=C(C)C4=CC(=O)CC[C@@H]4[C@H]3CC[C@@]21C. The molecule has 160 valence electrons. The van der Waals surface area contributed by atoms with E-state index in [9.17, 15) is 14.4 Å². The molecular formula is C25H36O4. The minimum Gasteiger partial charge on any atom is -0.451 e. The number of ether oxygens (including phenoxy) is 1. The monoisotopic (exact) mass is 400 g/mol. The molecule has 0 aromatic heterocycles. The van der Waals surface area contributed by atoms with Crippen LogP contribution in [0.25, 0.3) is 0 Å². The first-order valence-electron chi connectivity index (χ1n) is 11.3. The molecule has 2 saturated carbocycles. The summed E-state index contributed by atoms with van der Waals surface area (Å²) in [7, 11) is 0. The number of allylic oxidation sites excluding steroid dienone is 4. The van der Waals surface area contributed by atoms with Gasteiger partial charge in [0.1, 0.15) is 0 Å². The van der Waals surface area contributed by atoms with Gasteiger partial charge in [-0.2, -0.15) is 0 Å². The summed E-state index contributed by atoms with van der Waals surface area (Å²) in [5, 5.41) is 0. The second kappa shape index (κ2) is 7.85. The van der Waals surface area contributed by atoms with E-state index in [0.717, 1.165) is 25.7 Å². The van der Waals surface area contributed by atoms with Crippen LogP contribution in [0.2, 0.25) is 0 Å². The zero-order valence-electron chi connectivity index (χ0n) is 18.8. The number of hydrogen-bond donors (Lipinski definition) is 0. The summed E-state index contributed by atoms with van der Waals surface area (Å²) in [5.74, 6) is 1.61. The first-order valence-corrected chi connectivity index (χ1v) is 11.3. The molecule has 0 heterocycles. The van der Waals surface area contributed by atoms with Crippen molar-refractivity contribution >= 4 is 17.5 Å². The first kappa shape index (κ1) is 22.0. The highest BCUT2D eigenvalue weighted by Gasteiger charge is 2.66. The van der Waals surface area contributed by atoms with Crippen molar-refractivity contribution < 1.29 is 19.1 Å². The van der Waals surface area contributed by atoms with Gasteiger partial charge in [0.15, 0.2) is 17.2 Å². The molecule has 6 atom stereocenters. The van der Waals surface area contributed by atoms with Crippen LogP contribution in [0.3, 0.4) is 0 Å². The van der Waals surface area contributed by atoms with Gasteiger partial charge in [0, 0.05) is 18.8 Å². The van der Waals surface area contributed by atoms with Crippen LogP contribution in [0.1, 0.15) is 80.1 Å². The Balaban J connectivity index is 0.00000117. The fourth-order valence-electron chi connectivity index (χ4n) is 7.04. The van der Waals surface area contributed by atoms with Gasteiger partial charge < -0.3 is 4.74 Å². The Morgan fingerprint density at radius 2 is 1.79 bits per heavy atom. The molecule has 0 N–H and O–H groups in total. The summed E-state index contributed by atoms with van der Waals surface area (Å²) in [6.07, 6.45) is 9.29. The Kier molecular flexibility index (Phi) is 5.95. The summed E-state index contributed by atoms with van der Waals surface area (Å²) < 4.78 is 5.79. The van der Waals surface area contributed by atoms with E-state index < -0.39 is 5.60 Å². The van der Waals surface area contributed by atoms with Crippen molar-refractivity contribution in [2.45, 2.75) is 85.7 Å². The van der Waals surface area contributed by atoms with Gasteiger partial charge >= 0.3 is 5.97 Å². The average molecular weight is 401 g/mol. The van der Waals surface area contributed by atoms with Crippen LogP contribution < -0.4 is 0 Å². The third kappa shape index (κ3) is 3.23. The fraction of sp³-hybridized carbons (Fsp3) is 0.720. The molecule has 0 aromatic carbocycles. The second-order valence-electron chi connectivity index (χ2n) is 9.38. The Morgan fingerprint density at radius 1 is 1.10 bits per heavy atom. The van der Waals surface area contributed by atoms with Crippen molar-refractivity contribution in [3.63, 3.8) is 0 Å². The maximum Gasteiger partial charge on any atom is 0.303 e. The van der Waals surface area contributed by atoms with Crippen molar-refractivity contribution in [1.29, 1.82) is 0 Å². The number of rotatable bonds is 2. The highest BCUT2D eigenvalue weighted by atomic mass is 16.6. The zero-order valence-corrected chi connectivity index (χ0v) is 18.8. The normalized spacial score (nSPS) is 40.3. The number of ketones is 2. The molecule has 0 aromatic rings. The lowest BCUT2D eigenvalue weighted by atomic mass is 9.51. The molecule has 2 fully saturated rings. The largest absolute Gasteiger partial charge is 0.451 e. The van der Waals surface area contributed by atoms with Crippen molar-refractivity contribution in [2.75, 3.05) is 0 Å². The van der Waals surface area contributed by atoms with Gasteiger partial charge in [-0.1, -0.05) is 32.4 Å². The van der Waals surface area contributed by atoms with Crippen molar-refractivity contribution in [2.24, 2.45) is 29.1 Å². The van der Waals surface area contributed by atoms with E-state index in [0.29, 0.717) is 36.5 Å². The quantitative estimate of drug-likeness (QED) is 0.597. The van der Waals surface area contributed by atoms with E-state index >= 15 is 0 Å². The lowest BCUT2D eigenvalue weighted by Gasteiger charge is -2.54. The van der Waals surface area contributed by atoms with Crippen LogP contribution in [0.15, 0.2) is 23.3 Å². The third-order valence-electron chi connectivity index (χ3n) is 8.22. The minimum atomic E-state index is -0.977. The molecule has 0 radical (unpaired) electrons. The molecule has 0 unspecified atom stereocenters. The average Bonchev–Trinajstić information content (AvgIpc) is 2.97. The highest BCUT2D eigenvalue weighted by molar-refractivity contribution is 5.92. The number of carbonyl (C=O) groups excluding carboxylic acids is 3. The van der Waals surface area contributed by atoms with Crippen molar-refractivity contribution in [3.8, 4) is 0 Å². The summed E-state index contributed by atoms with van der Waals surface area (Å²) in [4.78, 5) is 36.5. The molecule has 0 aliphatic heterocycles. The summed E-state index contributed by atoms with van der Waals surface area (Å²) in [6.45, 7) is 11.3. The maximum absolute atomic E-state index is 12.7. The Hall–Kier alpha value is -1.71. The van der Waals surface area contributed by atoms with Gasteiger partial charge in [-0.25, -0.2) is 0 Å². The molecule has 29 heavy (non-hydrogen) atoms. The highest BCUT2D eigenvalue weighted by Crippen LogP contribution is 2.65. The molecular weight excluding hydrogens is 364 g/mol. The van der Waals surface area contributed by atoms with E-state index in [1.807, 2.05) is 19.9 Å². The van der Waals surface area contributed by atoms with E-state index in [1.165, 1.54) is 18.1 Å². The van der Waals surface area contributed by atoms with Gasteiger partial charge in [-0.15, -0.1) is 0 Å². The Labute approximate surface area is 175 Å². The number of fused-ring (bicyclic) bond motifs is 5. The molecule has 4 rings (SSSR count). The molecule has 0 bridgehead atoms. The molecule has 0 saturated heterocycles. The molecule has 0 spiro atoms.